The Balaban J connectivity index is 2.31. The summed E-state index contributed by atoms with van der Waals surface area (Å²) in [5, 5.41) is 8.96. The molecule has 1 N–H and O–H groups in total. The summed E-state index contributed by atoms with van der Waals surface area (Å²) in [5.74, 6) is 0.950. The lowest BCUT2D eigenvalue weighted by Crippen LogP contribution is -2.31. The van der Waals surface area contributed by atoms with Gasteiger partial charge in [-0.1, -0.05) is 0 Å². The van der Waals surface area contributed by atoms with Crippen molar-refractivity contribution in [2.24, 2.45) is 0 Å². The van der Waals surface area contributed by atoms with Gasteiger partial charge in [0.05, 0.1) is 12.3 Å². The fourth-order valence-electron chi connectivity index (χ4n) is 2.05. The number of aliphatic hydroxyl groups excluding tert-OH is 1. The molecule has 0 radical (unpaired) electrons. The lowest BCUT2D eigenvalue weighted by molar-refractivity contribution is 0.300. The average molecular weight is 222 g/mol. The van der Waals surface area contributed by atoms with Gasteiger partial charge in [0.15, 0.2) is 0 Å². The van der Waals surface area contributed by atoms with Crippen LogP contribution in [0.3, 0.4) is 0 Å². The van der Waals surface area contributed by atoms with Gasteiger partial charge in [-0.15, -0.1) is 0 Å². The normalized spacial score (nSPS) is 15.9. The van der Waals surface area contributed by atoms with Crippen molar-refractivity contribution in [3.05, 3.63) is 17.6 Å². The minimum absolute atomic E-state index is 0.144. The first-order chi connectivity index (χ1) is 7.72. The number of likely N-dealkylation sites (N-methyl/N-ethyl adjacent to an activating group) is 2. The predicted molar refractivity (Wildman–Crippen MR) is 62.4 cm³/mol. The van der Waals surface area contributed by atoms with Crippen molar-refractivity contribution < 1.29 is 5.11 Å². The largest absolute Gasteiger partial charge is 0.395 e. The molecule has 0 aliphatic carbocycles. The molecule has 0 atom stereocenters. The zero-order valence-corrected chi connectivity index (χ0v) is 9.85. The zero-order chi connectivity index (χ0) is 11.5. The van der Waals surface area contributed by atoms with Crippen LogP contribution in [-0.2, 0) is 13.0 Å². The Hall–Kier alpha value is -1.20. The van der Waals surface area contributed by atoms with E-state index in [0.29, 0.717) is 6.54 Å². The second-order valence-electron chi connectivity index (χ2n) is 4.26. The molecule has 1 aliphatic rings. The van der Waals surface area contributed by atoms with E-state index in [1.165, 1.54) is 5.56 Å². The van der Waals surface area contributed by atoms with E-state index in [9.17, 15) is 0 Å². The van der Waals surface area contributed by atoms with Gasteiger partial charge in [-0.3, -0.25) is 0 Å². The fourth-order valence-corrected chi connectivity index (χ4v) is 2.05. The lowest BCUT2D eigenvalue weighted by atomic mass is 10.1. The standard InChI is InChI=1S/C11H18N4O/c1-14-4-3-10-9(7-14)11(13-8-12-10)15(2)5-6-16/h8,16H,3-7H2,1-2H3. The highest BCUT2D eigenvalue weighted by Crippen LogP contribution is 2.23. The molecule has 1 aromatic rings. The molecule has 2 rings (SSSR count). The van der Waals surface area contributed by atoms with Gasteiger partial charge in [-0.2, -0.15) is 0 Å². The maximum absolute atomic E-state index is 8.96. The van der Waals surface area contributed by atoms with E-state index < -0.39 is 0 Å². The summed E-state index contributed by atoms with van der Waals surface area (Å²) < 4.78 is 0. The topological polar surface area (TPSA) is 52.5 Å². The molecule has 88 valence electrons. The first-order valence-electron chi connectivity index (χ1n) is 5.55. The molecule has 0 spiro atoms. The summed E-state index contributed by atoms with van der Waals surface area (Å²) in [6.45, 7) is 2.69. The van der Waals surface area contributed by atoms with E-state index in [2.05, 4.69) is 21.9 Å². The van der Waals surface area contributed by atoms with E-state index in [1.807, 2.05) is 11.9 Å². The molecule has 0 fully saturated rings. The van der Waals surface area contributed by atoms with Crippen LogP contribution in [0.5, 0.6) is 0 Å². The van der Waals surface area contributed by atoms with Crippen molar-refractivity contribution in [2.45, 2.75) is 13.0 Å². The van der Waals surface area contributed by atoms with Crippen LogP contribution in [0, 0.1) is 0 Å². The molecule has 2 heterocycles. The minimum atomic E-state index is 0.144. The highest BCUT2D eigenvalue weighted by Gasteiger charge is 2.20. The van der Waals surface area contributed by atoms with Gasteiger partial charge in [0.1, 0.15) is 12.1 Å². The third-order valence-electron chi connectivity index (χ3n) is 2.97. The van der Waals surface area contributed by atoms with E-state index in [-0.39, 0.29) is 6.61 Å². The highest BCUT2D eigenvalue weighted by atomic mass is 16.3. The Morgan fingerprint density at radius 3 is 3.06 bits per heavy atom. The predicted octanol–water partition coefficient (Wildman–Crippen LogP) is -0.107. The molecule has 5 nitrogen and oxygen atoms in total. The average Bonchev–Trinajstić information content (AvgIpc) is 2.28. The van der Waals surface area contributed by atoms with Crippen molar-refractivity contribution in [1.82, 2.24) is 14.9 Å². The Morgan fingerprint density at radius 1 is 1.50 bits per heavy atom. The third-order valence-corrected chi connectivity index (χ3v) is 2.97. The number of aromatic nitrogens is 2. The zero-order valence-electron chi connectivity index (χ0n) is 9.85. The van der Waals surface area contributed by atoms with Gasteiger partial charge in [-0.05, 0) is 7.05 Å². The second-order valence-corrected chi connectivity index (χ2v) is 4.26. The SMILES string of the molecule is CN1CCc2ncnc(N(C)CCO)c2C1. The Labute approximate surface area is 95.7 Å². The summed E-state index contributed by atoms with van der Waals surface area (Å²) in [6.07, 6.45) is 2.60. The molecule has 1 aromatic heterocycles. The molecule has 0 aromatic carbocycles. The number of aliphatic hydroxyl groups is 1. The quantitative estimate of drug-likeness (QED) is 0.773. The van der Waals surface area contributed by atoms with Crippen LogP contribution in [0.2, 0.25) is 0 Å². The first-order valence-corrected chi connectivity index (χ1v) is 5.55. The van der Waals surface area contributed by atoms with Gasteiger partial charge >= 0.3 is 0 Å². The maximum Gasteiger partial charge on any atom is 0.136 e. The summed E-state index contributed by atoms with van der Waals surface area (Å²) in [7, 11) is 4.05. The van der Waals surface area contributed by atoms with E-state index in [0.717, 1.165) is 31.0 Å². The second kappa shape index (κ2) is 4.76. The minimum Gasteiger partial charge on any atom is -0.395 e. The van der Waals surface area contributed by atoms with Crippen molar-refractivity contribution in [1.29, 1.82) is 0 Å². The van der Waals surface area contributed by atoms with Crippen LogP contribution in [-0.4, -0.2) is 53.8 Å². The summed E-state index contributed by atoms with van der Waals surface area (Å²) in [6, 6.07) is 0. The van der Waals surface area contributed by atoms with Crippen molar-refractivity contribution in [2.75, 3.05) is 38.7 Å². The molecule has 0 saturated heterocycles. The fraction of sp³-hybridized carbons (Fsp3) is 0.636. The summed E-state index contributed by atoms with van der Waals surface area (Å²) in [4.78, 5) is 12.9. The number of fused-ring (bicyclic) bond motifs is 1. The maximum atomic E-state index is 8.96. The van der Waals surface area contributed by atoms with E-state index >= 15 is 0 Å². The third kappa shape index (κ3) is 2.15. The van der Waals surface area contributed by atoms with Crippen LogP contribution in [0.25, 0.3) is 0 Å². The van der Waals surface area contributed by atoms with Gasteiger partial charge in [0.25, 0.3) is 0 Å². The van der Waals surface area contributed by atoms with Crippen LogP contribution < -0.4 is 4.90 Å². The van der Waals surface area contributed by atoms with Crippen LogP contribution in [0.4, 0.5) is 5.82 Å². The molecule has 0 saturated carbocycles. The Bertz CT molecular complexity index is 369. The highest BCUT2D eigenvalue weighted by molar-refractivity contribution is 5.48. The van der Waals surface area contributed by atoms with Crippen LogP contribution in [0.15, 0.2) is 6.33 Å². The molecule has 5 heteroatoms. The lowest BCUT2D eigenvalue weighted by Gasteiger charge is -2.28. The Kier molecular flexibility index (Phi) is 3.36. The van der Waals surface area contributed by atoms with Gasteiger partial charge in [-0.25, -0.2) is 9.97 Å². The summed E-state index contributed by atoms with van der Waals surface area (Å²) in [5.41, 5.74) is 2.35. The molecule has 0 bridgehead atoms. The molecular weight excluding hydrogens is 204 g/mol. The number of anilines is 1. The molecule has 0 unspecified atom stereocenters. The van der Waals surface area contributed by atoms with Gasteiger partial charge < -0.3 is 14.9 Å². The molecular formula is C11H18N4O. The van der Waals surface area contributed by atoms with Gasteiger partial charge in [0.2, 0.25) is 0 Å². The van der Waals surface area contributed by atoms with Crippen LogP contribution in [0.1, 0.15) is 11.3 Å². The van der Waals surface area contributed by atoms with Crippen molar-refractivity contribution in [3.8, 4) is 0 Å². The number of nitrogens with zero attached hydrogens (tertiary/aromatic N) is 4. The van der Waals surface area contributed by atoms with Crippen molar-refractivity contribution >= 4 is 5.82 Å². The molecule has 0 amide bonds. The number of hydrogen-bond acceptors (Lipinski definition) is 5. The van der Waals surface area contributed by atoms with Crippen molar-refractivity contribution in [3.63, 3.8) is 0 Å². The Morgan fingerprint density at radius 2 is 2.31 bits per heavy atom. The monoisotopic (exact) mass is 222 g/mol. The molecule has 1 aliphatic heterocycles. The van der Waals surface area contributed by atoms with Crippen LogP contribution >= 0.6 is 0 Å². The van der Waals surface area contributed by atoms with E-state index in [4.69, 9.17) is 5.11 Å². The van der Waals surface area contributed by atoms with E-state index in [1.54, 1.807) is 6.33 Å². The smallest absolute Gasteiger partial charge is 0.136 e. The molecule has 16 heavy (non-hydrogen) atoms. The number of rotatable bonds is 3. The number of hydrogen-bond donors (Lipinski definition) is 1. The van der Waals surface area contributed by atoms with Gasteiger partial charge in [0, 0.05) is 38.7 Å². The summed E-state index contributed by atoms with van der Waals surface area (Å²) >= 11 is 0. The first kappa shape index (κ1) is 11.3.